The Kier molecular flexibility index (Phi) is 5.13. The SMILES string of the molecule is CC(C)C(C(=O)O)(N(c1ccccc1)c1ccccc1)P(=O)(O)O. The topological polar surface area (TPSA) is 98.1 Å². The molecule has 24 heavy (non-hydrogen) atoms. The summed E-state index contributed by atoms with van der Waals surface area (Å²) >= 11 is 0. The third-order valence-corrected chi connectivity index (χ3v) is 5.73. The zero-order valence-corrected chi connectivity index (χ0v) is 14.3. The summed E-state index contributed by atoms with van der Waals surface area (Å²) in [5.74, 6) is -2.44. The van der Waals surface area contributed by atoms with Crippen LogP contribution in [-0.2, 0) is 9.36 Å². The van der Waals surface area contributed by atoms with Crippen LogP contribution in [0.15, 0.2) is 60.7 Å². The fourth-order valence-corrected chi connectivity index (χ4v) is 4.30. The lowest BCUT2D eigenvalue weighted by atomic mass is 9.99. The van der Waals surface area contributed by atoms with Gasteiger partial charge in [0.1, 0.15) is 0 Å². The lowest BCUT2D eigenvalue weighted by Gasteiger charge is -2.44. The highest BCUT2D eigenvalue weighted by Gasteiger charge is 2.61. The Morgan fingerprint density at radius 1 is 0.958 bits per heavy atom. The van der Waals surface area contributed by atoms with Crippen LogP contribution in [0, 0.1) is 5.92 Å². The molecule has 6 nitrogen and oxygen atoms in total. The molecular formula is C17H20NO5P. The molecule has 0 saturated carbocycles. The van der Waals surface area contributed by atoms with Gasteiger partial charge in [-0.05, 0) is 30.2 Å². The molecule has 2 aromatic carbocycles. The van der Waals surface area contributed by atoms with Gasteiger partial charge in [0.25, 0.3) is 0 Å². The van der Waals surface area contributed by atoms with Crippen LogP contribution >= 0.6 is 7.60 Å². The molecule has 0 aliphatic heterocycles. The lowest BCUT2D eigenvalue weighted by molar-refractivity contribution is -0.141. The fourth-order valence-electron chi connectivity index (χ4n) is 2.89. The van der Waals surface area contributed by atoms with Crippen molar-refractivity contribution in [3.63, 3.8) is 0 Å². The maximum atomic E-state index is 12.4. The number of carbonyl (C=O) groups is 1. The van der Waals surface area contributed by atoms with Crippen LogP contribution in [0.4, 0.5) is 11.4 Å². The molecule has 0 bridgehead atoms. The van der Waals surface area contributed by atoms with E-state index in [1.165, 1.54) is 18.7 Å². The highest BCUT2D eigenvalue weighted by atomic mass is 31.2. The van der Waals surface area contributed by atoms with Gasteiger partial charge in [0.2, 0.25) is 5.28 Å². The number of anilines is 2. The minimum atomic E-state index is -5.08. The van der Waals surface area contributed by atoms with Crippen molar-refractivity contribution in [2.75, 3.05) is 4.90 Å². The van der Waals surface area contributed by atoms with Gasteiger partial charge in [0.05, 0.1) is 0 Å². The second-order valence-corrected chi connectivity index (χ2v) is 7.51. The highest BCUT2D eigenvalue weighted by molar-refractivity contribution is 7.55. The van der Waals surface area contributed by atoms with Crippen molar-refractivity contribution in [3.05, 3.63) is 60.7 Å². The molecule has 2 aromatic rings. The molecule has 0 spiro atoms. The van der Waals surface area contributed by atoms with Crippen molar-refractivity contribution in [2.24, 2.45) is 5.92 Å². The molecule has 0 saturated heterocycles. The van der Waals surface area contributed by atoms with Crippen LogP contribution in [0.5, 0.6) is 0 Å². The summed E-state index contributed by atoms with van der Waals surface area (Å²) in [5.41, 5.74) is 0.784. The van der Waals surface area contributed by atoms with Gasteiger partial charge in [-0.25, -0.2) is 4.79 Å². The lowest BCUT2D eigenvalue weighted by Crippen LogP contribution is -2.56. The van der Waals surface area contributed by atoms with E-state index in [2.05, 4.69) is 0 Å². The molecule has 0 aromatic heterocycles. The quantitative estimate of drug-likeness (QED) is 0.691. The Morgan fingerprint density at radius 2 is 1.33 bits per heavy atom. The van der Waals surface area contributed by atoms with Crippen LogP contribution in [-0.4, -0.2) is 26.1 Å². The fraction of sp³-hybridized carbons (Fsp3) is 0.235. The largest absolute Gasteiger partial charge is 0.479 e. The molecule has 3 N–H and O–H groups in total. The van der Waals surface area contributed by atoms with Crippen molar-refractivity contribution in [2.45, 2.75) is 19.1 Å². The van der Waals surface area contributed by atoms with Gasteiger partial charge in [0.15, 0.2) is 0 Å². The summed E-state index contributed by atoms with van der Waals surface area (Å²) in [6.07, 6.45) is 0. The average molecular weight is 349 g/mol. The molecule has 0 fully saturated rings. The van der Waals surface area contributed by atoms with Crippen molar-refractivity contribution in [1.82, 2.24) is 0 Å². The molecular weight excluding hydrogens is 329 g/mol. The zero-order valence-electron chi connectivity index (χ0n) is 13.4. The summed E-state index contributed by atoms with van der Waals surface area (Å²) in [7, 11) is -5.08. The molecule has 1 unspecified atom stereocenters. The Bertz CT molecular complexity index is 705. The Labute approximate surface area is 140 Å². The molecule has 0 aliphatic rings. The first-order valence-corrected chi connectivity index (χ1v) is 9.03. The number of hydrogen-bond acceptors (Lipinski definition) is 3. The summed E-state index contributed by atoms with van der Waals surface area (Å²) in [5, 5.41) is 7.47. The number of nitrogens with zero attached hydrogens (tertiary/aromatic N) is 1. The van der Waals surface area contributed by atoms with Crippen molar-refractivity contribution in [3.8, 4) is 0 Å². The van der Waals surface area contributed by atoms with Gasteiger partial charge < -0.3 is 19.8 Å². The number of para-hydroxylation sites is 2. The Morgan fingerprint density at radius 3 is 1.58 bits per heavy atom. The van der Waals surface area contributed by atoms with Crippen LogP contribution in [0.3, 0.4) is 0 Å². The second-order valence-electron chi connectivity index (χ2n) is 5.74. The first-order valence-electron chi connectivity index (χ1n) is 7.42. The summed E-state index contributed by atoms with van der Waals surface area (Å²) in [6.45, 7) is 2.98. The maximum absolute atomic E-state index is 12.4. The van der Waals surface area contributed by atoms with E-state index in [0.29, 0.717) is 11.4 Å². The van der Waals surface area contributed by atoms with Gasteiger partial charge in [-0.1, -0.05) is 50.2 Å². The minimum absolute atomic E-state index is 0.392. The van der Waals surface area contributed by atoms with Crippen LogP contribution < -0.4 is 4.90 Å². The number of carboxylic acids is 1. The summed E-state index contributed by atoms with van der Waals surface area (Å²) < 4.78 is 12.4. The van der Waals surface area contributed by atoms with Crippen LogP contribution in [0.2, 0.25) is 0 Å². The van der Waals surface area contributed by atoms with E-state index in [4.69, 9.17) is 0 Å². The molecule has 0 heterocycles. The van der Waals surface area contributed by atoms with Crippen molar-refractivity contribution >= 4 is 24.9 Å². The predicted molar refractivity (Wildman–Crippen MR) is 92.3 cm³/mol. The molecule has 7 heteroatoms. The molecule has 1 atom stereocenters. The molecule has 0 amide bonds. The summed E-state index contributed by atoms with van der Waals surface area (Å²) in [6, 6.07) is 16.8. The zero-order chi connectivity index (χ0) is 18.0. The number of hydrogen-bond donors (Lipinski definition) is 3. The third-order valence-electron chi connectivity index (χ3n) is 3.93. The van der Waals surface area contributed by atoms with Crippen LogP contribution in [0.25, 0.3) is 0 Å². The third kappa shape index (κ3) is 2.96. The predicted octanol–water partition coefficient (Wildman–Crippen LogP) is 3.44. The van der Waals surface area contributed by atoms with Gasteiger partial charge in [0, 0.05) is 11.4 Å². The molecule has 0 aliphatic carbocycles. The van der Waals surface area contributed by atoms with Crippen molar-refractivity contribution < 1.29 is 24.3 Å². The van der Waals surface area contributed by atoms with E-state index in [1.807, 2.05) is 0 Å². The Hall–Kier alpha value is -2.14. The number of rotatable bonds is 6. The molecule has 128 valence electrons. The molecule has 2 rings (SSSR count). The maximum Gasteiger partial charge on any atom is 0.363 e. The summed E-state index contributed by atoms with van der Waals surface area (Å²) in [4.78, 5) is 33.5. The van der Waals surface area contributed by atoms with E-state index >= 15 is 0 Å². The smallest absolute Gasteiger partial charge is 0.363 e. The second kappa shape index (κ2) is 6.77. The van der Waals surface area contributed by atoms with E-state index in [9.17, 15) is 24.3 Å². The Balaban J connectivity index is 2.86. The van der Waals surface area contributed by atoms with Gasteiger partial charge in [-0.2, -0.15) is 0 Å². The number of carboxylic acid groups (broad SMARTS) is 1. The van der Waals surface area contributed by atoms with Crippen LogP contribution in [0.1, 0.15) is 13.8 Å². The average Bonchev–Trinajstić information content (AvgIpc) is 2.52. The number of aliphatic carboxylic acids is 1. The van der Waals surface area contributed by atoms with Gasteiger partial charge >= 0.3 is 13.6 Å². The highest BCUT2D eigenvalue weighted by Crippen LogP contribution is 2.59. The van der Waals surface area contributed by atoms with E-state index in [-0.39, 0.29) is 0 Å². The van der Waals surface area contributed by atoms with E-state index in [1.54, 1.807) is 60.7 Å². The monoisotopic (exact) mass is 349 g/mol. The van der Waals surface area contributed by atoms with E-state index < -0.39 is 24.8 Å². The number of benzene rings is 2. The van der Waals surface area contributed by atoms with E-state index in [0.717, 1.165) is 0 Å². The first-order chi connectivity index (χ1) is 11.2. The first kappa shape index (κ1) is 18.2. The van der Waals surface area contributed by atoms with Gasteiger partial charge in [-0.15, -0.1) is 0 Å². The minimum Gasteiger partial charge on any atom is -0.479 e. The standard InChI is InChI=1S/C17H20NO5P/c1-13(2)17(16(19)20,24(21,22)23)18(14-9-5-3-6-10-14)15-11-7-4-8-12-15/h3-13H,1-2H3,(H,19,20)(H2,21,22,23). The normalized spacial score (nSPS) is 14.2. The molecule has 0 radical (unpaired) electrons. The van der Waals surface area contributed by atoms with Crippen molar-refractivity contribution in [1.29, 1.82) is 0 Å². The van der Waals surface area contributed by atoms with Gasteiger partial charge in [-0.3, -0.25) is 4.57 Å².